The van der Waals surface area contributed by atoms with Gasteiger partial charge in [-0.05, 0) is 63.6 Å². The molecule has 0 amide bonds. The van der Waals surface area contributed by atoms with Crippen LogP contribution in [0.5, 0.6) is 0 Å². The van der Waals surface area contributed by atoms with Crippen molar-refractivity contribution < 1.29 is 5.11 Å². The summed E-state index contributed by atoms with van der Waals surface area (Å²) in [5.41, 5.74) is -0.0188. The first-order valence-corrected chi connectivity index (χ1v) is 8.32. The fraction of sp³-hybridized carbons (Fsp3) is 1.00. The Morgan fingerprint density at radius 3 is 2.32 bits per heavy atom. The molecule has 0 aromatic rings. The molecule has 0 aromatic carbocycles. The van der Waals surface area contributed by atoms with E-state index >= 15 is 0 Å². The topological polar surface area (TPSA) is 35.5 Å². The van der Waals surface area contributed by atoms with Crippen LogP contribution >= 0.6 is 0 Å². The molecule has 112 valence electrons. The van der Waals surface area contributed by atoms with Crippen molar-refractivity contribution in [1.29, 1.82) is 0 Å². The zero-order chi connectivity index (χ0) is 13.7. The third kappa shape index (κ3) is 3.93. The van der Waals surface area contributed by atoms with Gasteiger partial charge in [-0.3, -0.25) is 0 Å². The van der Waals surface area contributed by atoms with Gasteiger partial charge in [0.2, 0.25) is 0 Å². The Kier molecular flexibility index (Phi) is 5.67. The first kappa shape index (κ1) is 15.3. The number of hydrogen-bond donors (Lipinski definition) is 2. The predicted molar refractivity (Wildman–Crippen MR) is 80.3 cm³/mol. The quantitative estimate of drug-likeness (QED) is 0.709. The third-order valence-corrected chi connectivity index (χ3v) is 5.16. The van der Waals surface area contributed by atoms with Crippen LogP contribution in [-0.2, 0) is 0 Å². The Hall–Kier alpha value is -0.120. The summed E-state index contributed by atoms with van der Waals surface area (Å²) in [7, 11) is 0. The minimum absolute atomic E-state index is 0.0188. The third-order valence-electron chi connectivity index (χ3n) is 5.16. The van der Waals surface area contributed by atoms with Gasteiger partial charge in [-0.15, -0.1) is 0 Å². The van der Waals surface area contributed by atoms with Crippen LogP contribution in [0.1, 0.15) is 52.4 Å². The van der Waals surface area contributed by atoms with Crippen molar-refractivity contribution in [3.63, 3.8) is 0 Å². The summed E-state index contributed by atoms with van der Waals surface area (Å²) in [6.07, 6.45) is 7.75. The second-order valence-electron chi connectivity index (χ2n) is 6.64. The molecule has 0 bridgehead atoms. The number of rotatable bonds is 8. The normalized spacial score (nSPS) is 25.4. The van der Waals surface area contributed by atoms with Gasteiger partial charge >= 0.3 is 0 Å². The molecule has 1 aliphatic heterocycles. The average Bonchev–Trinajstić information content (AvgIpc) is 3.29. The van der Waals surface area contributed by atoms with E-state index in [1.54, 1.807) is 0 Å². The van der Waals surface area contributed by atoms with E-state index in [0.29, 0.717) is 12.5 Å². The molecule has 2 rings (SSSR count). The van der Waals surface area contributed by atoms with Crippen LogP contribution in [0.2, 0.25) is 0 Å². The lowest BCUT2D eigenvalue weighted by Crippen LogP contribution is -2.59. The van der Waals surface area contributed by atoms with Crippen molar-refractivity contribution in [3.8, 4) is 0 Å². The SMILES string of the molecule is CCCNC(CO)(CN1CCC(CC)CC1)C1CC1. The standard InChI is InChI=1S/C16H32N2O/c1-3-9-17-16(13-19,15-5-6-15)12-18-10-7-14(4-2)8-11-18/h14-15,17,19H,3-13H2,1-2H3. The van der Waals surface area contributed by atoms with Crippen molar-refractivity contribution in [2.45, 2.75) is 57.9 Å². The van der Waals surface area contributed by atoms with Crippen LogP contribution in [0, 0.1) is 11.8 Å². The average molecular weight is 268 g/mol. The molecule has 2 aliphatic rings. The molecule has 1 atom stereocenters. The van der Waals surface area contributed by atoms with Crippen LogP contribution in [0.3, 0.4) is 0 Å². The van der Waals surface area contributed by atoms with E-state index in [9.17, 15) is 5.11 Å². The highest BCUT2D eigenvalue weighted by atomic mass is 16.3. The summed E-state index contributed by atoms with van der Waals surface area (Å²) >= 11 is 0. The van der Waals surface area contributed by atoms with Crippen LogP contribution in [-0.4, -0.2) is 48.3 Å². The van der Waals surface area contributed by atoms with E-state index in [0.717, 1.165) is 25.4 Å². The number of aliphatic hydroxyl groups excluding tert-OH is 1. The number of piperidine rings is 1. The molecule has 1 unspecified atom stereocenters. The minimum atomic E-state index is -0.0188. The number of nitrogens with one attached hydrogen (secondary N) is 1. The monoisotopic (exact) mass is 268 g/mol. The fourth-order valence-corrected chi connectivity index (χ4v) is 3.53. The van der Waals surface area contributed by atoms with E-state index in [1.807, 2.05) is 0 Å². The molecule has 19 heavy (non-hydrogen) atoms. The summed E-state index contributed by atoms with van der Waals surface area (Å²) < 4.78 is 0. The summed E-state index contributed by atoms with van der Waals surface area (Å²) in [5.74, 6) is 1.64. The second kappa shape index (κ2) is 7.05. The van der Waals surface area contributed by atoms with Gasteiger partial charge in [-0.2, -0.15) is 0 Å². The van der Waals surface area contributed by atoms with Gasteiger partial charge in [0, 0.05) is 6.54 Å². The molecule has 1 aliphatic carbocycles. The summed E-state index contributed by atoms with van der Waals surface area (Å²) in [5, 5.41) is 13.6. The molecular formula is C16H32N2O. The van der Waals surface area contributed by atoms with Gasteiger partial charge in [0.15, 0.2) is 0 Å². The van der Waals surface area contributed by atoms with Crippen molar-refractivity contribution in [3.05, 3.63) is 0 Å². The summed E-state index contributed by atoms with van der Waals surface area (Å²) in [6, 6.07) is 0. The predicted octanol–water partition coefficient (Wildman–Crippen LogP) is 2.25. The van der Waals surface area contributed by atoms with Crippen molar-refractivity contribution in [2.24, 2.45) is 11.8 Å². The molecule has 1 heterocycles. The van der Waals surface area contributed by atoms with Gasteiger partial charge in [-0.25, -0.2) is 0 Å². The first-order valence-electron chi connectivity index (χ1n) is 8.32. The Balaban J connectivity index is 1.88. The lowest BCUT2D eigenvalue weighted by molar-refractivity contribution is 0.0722. The van der Waals surface area contributed by atoms with Crippen LogP contribution in [0.25, 0.3) is 0 Å². The van der Waals surface area contributed by atoms with Crippen LogP contribution < -0.4 is 5.32 Å². The van der Waals surface area contributed by atoms with Crippen molar-refractivity contribution in [2.75, 3.05) is 32.8 Å². The molecular weight excluding hydrogens is 236 g/mol. The van der Waals surface area contributed by atoms with Crippen LogP contribution in [0.4, 0.5) is 0 Å². The van der Waals surface area contributed by atoms with Gasteiger partial charge < -0.3 is 15.3 Å². The summed E-state index contributed by atoms with van der Waals surface area (Å²) in [6.45, 7) is 9.33. The number of aliphatic hydroxyl groups is 1. The number of hydrogen-bond acceptors (Lipinski definition) is 3. The Morgan fingerprint density at radius 2 is 1.84 bits per heavy atom. The first-order chi connectivity index (χ1) is 9.24. The van der Waals surface area contributed by atoms with Gasteiger partial charge in [0.1, 0.15) is 0 Å². The highest BCUT2D eigenvalue weighted by Gasteiger charge is 2.45. The maximum atomic E-state index is 9.95. The zero-order valence-electron chi connectivity index (χ0n) is 12.8. The van der Waals surface area contributed by atoms with E-state index in [-0.39, 0.29) is 5.54 Å². The van der Waals surface area contributed by atoms with Gasteiger partial charge in [0.05, 0.1) is 12.1 Å². The molecule has 0 aromatic heterocycles. The molecule has 0 spiro atoms. The fourth-order valence-electron chi connectivity index (χ4n) is 3.53. The number of likely N-dealkylation sites (tertiary alicyclic amines) is 1. The second-order valence-corrected chi connectivity index (χ2v) is 6.64. The highest BCUT2D eigenvalue weighted by molar-refractivity contribution is 5.03. The minimum Gasteiger partial charge on any atom is -0.394 e. The smallest absolute Gasteiger partial charge is 0.0628 e. The molecule has 3 nitrogen and oxygen atoms in total. The van der Waals surface area contributed by atoms with E-state index in [2.05, 4.69) is 24.1 Å². The molecule has 2 N–H and O–H groups in total. The largest absolute Gasteiger partial charge is 0.394 e. The van der Waals surface area contributed by atoms with Gasteiger partial charge in [0.25, 0.3) is 0 Å². The Morgan fingerprint density at radius 1 is 1.16 bits per heavy atom. The van der Waals surface area contributed by atoms with Crippen LogP contribution in [0.15, 0.2) is 0 Å². The highest BCUT2D eigenvalue weighted by Crippen LogP contribution is 2.40. The molecule has 3 heteroatoms. The molecule has 2 fully saturated rings. The molecule has 1 saturated carbocycles. The Bertz CT molecular complexity index is 259. The maximum absolute atomic E-state index is 9.95. The van der Waals surface area contributed by atoms with E-state index < -0.39 is 0 Å². The van der Waals surface area contributed by atoms with Gasteiger partial charge in [-0.1, -0.05) is 20.3 Å². The van der Waals surface area contributed by atoms with Crippen molar-refractivity contribution in [1.82, 2.24) is 10.2 Å². The lowest BCUT2D eigenvalue weighted by Gasteiger charge is -2.41. The van der Waals surface area contributed by atoms with E-state index in [4.69, 9.17) is 0 Å². The number of nitrogens with zero attached hydrogens (tertiary/aromatic N) is 1. The van der Waals surface area contributed by atoms with Crippen molar-refractivity contribution >= 4 is 0 Å². The lowest BCUT2D eigenvalue weighted by atomic mass is 9.89. The summed E-state index contributed by atoms with van der Waals surface area (Å²) in [4.78, 5) is 2.59. The Labute approximate surface area is 118 Å². The molecule has 1 saturated heterocycles. The van der Waals surface area contributed by atoms with E-state index in [1.165, 1.54) is 45.2 Å². The maximum Gasteiger partial charge on any atom is 0.0628 e. The zero-order valence-corrected chi connectivity index (χ0v) is 12.8. The molecule has 0 radical (unpaired) electrons.